The number of aromatic nitrogens is 1. The molecule has 0 saturated heterocycles. The fraction of sp³-hybridized carbons (Fsp3) is 0.333. The van der Waals surface area contributed by atoms with Gasteiger partial charge in [-0.1, -0.05) is 13.8 Å². The minimum absolute atomic E-state index is 0.0336. The molecule has 4 N–H and O–H groups in total. The topological polar surface area (TPSA) is 80.0 Å². The largest absolute Gasteiger partial charge is 0.345 e. The summed E-state index contributed by atoms with van der Waals surface area (Å²) in [5, 5.41) is 7.02. The maximum Gasteiger partial charge on any atom is 0.251 e. The van der Waals surface area contributed by atoms with Crippen molar-refractivity contribution in [3.8, 4) is 0 Å². The summed E-state index contributed by atoms with van der Waals surface area (Å²) in [5.74, 6) is 6.01. The molecule has 2 aromatic heterocycles. The monoisotopic (exact) mass is 304 g/mol. The molecule has 0 spiro atoms. The number of amides is 1. The number of carbonyl (C=O) groups is 1. The molecule has 0 aliphatic rings. The number of hydrogen-bond acceptors (Lipinski definition) is 5. The minimum atomic E-state index is -0.130. The van der Waals surface area contributed by atoms with E-state index in [9.17, 15) is 4.79 Å². The van der Waals surface area contributed by atoms with Crippen LogP contribution in [0, 0.1) is 0 Å². The zero-order chi connectivity index (χ0) is 15.4. The van der Waals surface area contributed by atoms with Crippen molar-refractivity contribution in [3.63, 3.8) is 0 Å². The quantitative estimate of drug-likeness (QED) is 0.586. The normalized spacial score (nSPS) is 12.2. The van der Waals surface area contributed by atoms with E-state index in [-0.39, 0.29) is 17.9 Å². The molecule has 0 radical (unpaired) electrons. The Morgan fingerprint density at radius 3 is 2.67 bits per heavy atom. The minimum Gasteiger partial charge on any atom is -0.345 e. The van der Waals surface area contributed by atoms with E-state index < -0.39 is 0 Å². The molecule has 1 unspecified atom stereocenters. The highest BCUT2D eigenvalue weighted by Gasteiger charge is 2.15. The summed E-state index contributed by atoms with van der Waals surface area (Å²) in [4.78, 5) is 16.7. The Hall–Kier alpha value is -1.92. The van der Waals surface area contributed by atoms with Crippen LogP contribution in [-0.4, -0.2) is 10.9 Å². The van der Waals surface area contributed by atoms with Gasteiger partial charge in [-0.3, -0.25) is 4.79 Å². The molecule has 1 amide bonds. The first-order valence-corrected chi connectivity index (χ1v) is 7.77. The average molecular weight is 304 g/mol. The maximum absolute atomic E-state index is 12.4. The number of nitrogen functional groups attached to an aromatic ring is 1. The first-order valence-electron chi connectivity index (χ1n) is 6.82. The van der Waals surface area contributed by atoms with E-state index in [0.717, 1.165) is 11.3 Å². The van der Waals surface area contributed by atoms with E-state index in [1.807, 2.05) is 37.6 Å². The van der Waals surface area contributed by atoms with Crippen molar-refractivity contribution in [2.24, 2.45) is 5.84 Å². The van der Waals surface area contributed by atoms with Crippen molar-refractivity contribution in [1.82, 2.24) is 10.3 Å². The Morgan fingerprint density at radius 2 is 2.10 bits per heavy atom. The van der Waals surface area contributed by atoms with Crippen LogP contribution in [0.25, 0.3) is 0 Å². The van der Waals surface area contributed by atoms with Gasteiger partial charge in [-0.2, -0.15) is 11.3 Å². The predicted octanol–water partition coefficient (Wildman–Crippen LogP) is 3.04. The van der Waals surface area contributed by atoms with Crippen molar-refractivity contribution in [3.05, 3.63) is 45.8 Å². The molecule has 1 atom stereocenters. The third-order valence-corrected chi connectivity index (χ3v) is 3.94. The number of anilines is 1. The number of pyridine rings is 1. The Bertz CT molecular complexity index is 610. The van der Waals surface area contributed by atoms with Crippen LogP contribution < -0.4 is 16.6 Å². The van der Waals surface area contributed by atoms with Crippen LogP contribution in [0.5, 0.6) is 0 Å². The SMILES string of the molecule is CC(C)c1cc(C(=O)NC(C)c2ccsc2)cc(NN)n1. The second-order valence-corrected chi connectivity index (χ2v) is 6.00. The van der Waals surface area contributed by atoms with E-state index >= 15 is 0 Å². The molecule has 0 aliphatic heterocycles. The van der Waals surface area contributed by atoms with Crippen molar-refractivity contribution in [2.45, 2.75) is 32.7 Å². The number of rotatable bonds is 5. The smallest absolute Gasteiger partial charge is 0.251 e. The fourth-order valence-corrected chi connectivity index (χ4v) is 2.69. The molecule has 112 valence electrons. The molecule has 0 saturated carbocycles. The molecule has 6 heteroatoms. The first kappa shape index (κ1) is 15.5. The number of nitrogens with zero attached hydrogens (tertiary/aromatic N) is 1. The molecular formula is C15H20N4OS. The van der Waals surface area contributed by atoms with Crippen LogP contribution in [0.15, 0.2) is 29.0 Å². The van der Waals surface area contributed by atoms with Crippen molar-refractivity contribution in [2.75, 3.05) is 5.43 Å². The van der Waals surface area contributed by atoms with Gasteiger partial charge in [-0.15, -0.1) is 0 Å². The molecule has 2 aromatic rings. The Kier molecular flexibility index (Phi) is 4.93. The molecule has 0 aliphatic carbocycles. The summed E-state index contributed by atoms with van der Waals surface area (Å²) < 4.78 is 0. The molecule has 5 nitrogen and oxygen atoms in total. The molecule has 2 heterocycles. The Morgan fingerprint density at radius 1 is 1.33 bits per heavy atom. The number of nitrogens with two attached hydrogens (primary N) is 1. The Labute approximate surface area is 128 Å². The fourth-order valence-electron chi connectivity index (χ4n) is 1.94. The summed E-state index contributed by atoms with van der Waals surface area (Å²) in [5.41, 5.74) is 5.00. The third kappa shape index (κ3) is 3.80. The summed E-state index contributed by atoms with van der Waals surface area (Å²) in [6.07, 6.45) is 0. The van der Waals surface area contributed by atoms with Gasteiger partial charge in [0.1, 0.15) is 5.82 Å². The molecule has 0 bridgehead atoms. The summed E-state index contributed by atoms with van der Waals surface area (Å²) >= 11 is 1.62. The van der Waals surface area contributed by atoms with Gasteiger partial charge in [-0.05, 0) is 47.4 Å². The highest BCUT2D eigenvalue weighted by atomic mass is 32.1. The standard InChI is InChI=1S/C15H20N4OS/c1-9(2)13-6-12(7-14(18-13)19-16)15(20)17-10(3)11-4-5-21-8-11/h4-10H,16H2,1-3H3,(H,17,20)(H,18,19). The van der Waals surface area contributed by atoms with Crippen LogP contribution in [-0.2, 0) is 0 Å². The number of hydrazine groups is 1. The second-order valence-electron chi connectivity index (χ2n) is 5.22. The molecule has 21 heavy (non-hydrogen) atoms. The lowest BCUT2D eigenvalue weighted by Gasteiger charge is -2.14. The molecule has 2 rings (SSSR count). The van der Waals surface area contributed by atoms with Gasteiger partial charge >= 0.3 is 0 Å². The van der Waals surface area contributed by atoms with E-state index in [4.69, 9.17) is 5.84 Å². The third-order valence-electron chi connectivity index (χ3n) is 3.24. The van der Waals surface area contributed by atoms with Crippen molar-refractivity contribution < 1.29 is 4.79 Å². The van der Waals surface area contributed by atoms with Crippen LogP contribution in [0.3, 0.4) is 0 Å². The highest BCUT2D eigenvalue weighted by Crippen LogP contribution is 2.19. The number of thiophene rings is 1. The highest BCUT2D eigenvalue weighted by molar-refractivity contribution is 7.07. The molecular weight excluding hydrogens is 284 g/mol. The van der Waals surface area contributed by atoms with Gasteiger partial charge in [0.25, 0.3) is 5.91 Å². The van der Waals surface area contributed by atoms with Crippen molar-refractivity contribution in [1.29, 1.82) is 0 Å². The molecule has 0 fully saturated rings. The maximum atomic E-state index is 12.4. The summed E-state index contributed by atoms with van der Waals surface area (Å²) in [6, 6.07) is 5.44. The number of hydrogen-bond donors (Lipinski definition) is 3. The molecule has 0 aromatic carbocycles. The van der Waals surface area contributed by atoms with Crippen LogP contribution in [0.2, 0.25) is 0 Å². The first-order chi connectivity index (χ1) is 10.0. The van der Waals surface area contributed by atoms with Gasteiger partial charge in [0.2, 0.25) is 0 Å². The van der Waals surface area contributed by atoms with Gasteiger partial charge in [0.05, 0.1) is 6.04 Å². The number of nitrogens with one attached hydrogen (secondary N) is 2. The summed E-state index contributed by atoms with van der Waals surface area (Å²) in [7, 11) is 0. The van der Waals surface area contributed by atoms with Crippen molar-refractivity contribution >= 4 is 23.1 Å². The van der Waals surface area contributed by atoms with Crippen LogP contribution in [0.1, 0.15) is 54.3 Å². The van der Waals surface area contributed by atoms with E-state index in [1.54, 1.807) is 23.5 Å². The average Bonchev–Trinajstić information content (AvgIpc) is 3.00. The van der Waals surface area contributed by atoms with Gasteiger partial charge in [0, 0.05) is 11.3 Å². The van der Waals surface area contributed by atoms with E-state index in [0.29, 0.717) is 11.4 Å². The lowest BCUT2D eigenvalue weighted by molar-refractivity contribution is 0.0940. The number of carbonyl (C=O) groups excluding carboxylic acids is 1. The zero-order valence-corrected chi connectivity index (χ0v) is 13.2. The summed E-state index contributed by atoms with van der Waals surface area (Å²) in [6.45, 7) is 6.02. The lowest BCUT2D eigenvalue weighted by atomic mass is 10.1. The zero-order valence-electron chi connectivity index (χ0n) is 12.4. The van der Waals surface area contributed by atoms with Gasteiger partial charge in [-0.25, -0.2) is 10.8 Å². The van der Waals surface area contributed by atoms with E-state index in [2.05, 4.69) is 15.7 Å². The van der Waals surface area contributed by atoms with Gasteiger partial charge in [0.15, 0.2) is 0 Å². The lowest BCUT2D eigenvalue weighted by Crippen LogP contribution is -2.27. The van der Waals surface area contributed by atoms with E-state index in [1.165, 1.54) is 0 Å². The Balaban J connectivity index is 2.20. The second kappa shape index (κ2) is 6.69. The van der Waals surface area contributed by atoms with Crippen LogP contribution in [0.4, 0.5) is 5.82 Å². The van der Waals surface area contributed by atoms with Gasteiger partial charge < -0.3 is 10.7 Å². The predicted molar refractivity (Wildman–Crippen MR) is 86.3 cm³/mol. The van der Waals surface area contributed by atoms with Crippen LogP contribution >= 0.6 is 11.3 Å².